The highest BCUT2D eigenvalue weighted by Gasteiger charge is 2.18. The lowest BCUT2D eigenvalue weighted by atomic mass is 10.0. The Morgan fingerprint density at radius 2 is 1.83 bits per heavy atom. The van der Waals surface area contributed by atoms with E-state index < -0.39 is 12.1 Å². The summed E-state index contributed by atoms with van der Waals surface area (Å²) in [5.74, 6) is 0.480. The Morgan fingerprint density at radius 3 is 2.41 bits per heavy atom. The SMILES string of the molecule is CCOC(=O)N[C@@H](CC(=O)N/N=C\c1cc(I)c(OC)c(I)c1)c1ccccc1. The van der Waals surface area contributed by atoms with Crippen LogP contribution in [-0.4, -0.2) is 31.9 Å². The van der Waals surface area contributed by atoms with Gasteiger partial charge in [-0.3, -0.25) is 4.79 Å². The molecular formula is C20H21I2N3O4. The highest BCUT2D eigenvalue weighted by Crippen LogP contribution is 2.28. The number of halogens is 2. The molecule has 9 heteroatoms. The second kappa shape index (κ2) is 12.0. The lowest BCUT2D eigenvalue weighted by Crippen LogP contribution is -2.33. The van der Waals surface area contributed by atoms with Crippen molar-refractivity contribution in [3.63, 3.8) is 0 Å². The van der Waals surface area contributed by atoms with Crippen molar-refractivity contribution in [2.75, 3.05) is 13.7 Å². The Labute approximate surface area is 196 Å². The molecule has 2 aromatic rings. The van der Waals surface area contributed by atoms with Gasteiger partial charge in [0.05, 0.1) is 39.5 Å². The van der Waals surface area contributed by atoms with Crippen LogP contribution in [0, 0.1) is 7.14 Å². The molecule has 2 amide bonds. The fourth-order valence-corrected chi connectivity index (χ4v) is 4.77. The number of hydrazone groups is 1. The topological polar surface area (TPSA) is 89.0 Å². The summed E-state index contributed by atoms with van der Waals surface area (Å²) in [5.41, 5.74) is 4.15. The van der Waals surface area contributed by atoms with Crippen molar-refractivity contribution in [2.24, 2.45) is 5.10 Å². The molecule has 2 aromatic carbocycles. The summed E-state index contributed by atoms with van der Waals surface area (Å²) in [4.78, 5) is 24.2. The first kappa shape index (κ1) is 23.4. The maximum absolute atomic E-state index is 12.4. The molecule has 0 fully saturated rings. The zero-order valence-electron chi connectivity index (χ0n) is 15.9. The van der Waals surface area contributed by atoms with E-state index in [4.69, 9.17) is 9.47 Å². The van der Waals surface area contributed by atoms with Crippen LogP contribution >= 0.6 is 45.2 Å². The maximum atomic E-state index is 12.4. The number of hydrogen-bond donors (Lipinski definition) is 2. The molecule has 7 nitrogen and oxygen atoms in total. The van der Waals surface area contributed by atoms with E-state index >= 15 is 0 Å². The van der Waals surface area contributed by atoms with Gasteiger partial charge >= 0.3 is 6.09 Å². The molecule has 0 saturated carbocycles. The number of methoxy groups -OCH3 is 1. The predicted octanol–water partition coefficient (Wildman–Crippen LogP) is 4.23. The number of rotatable bonds is 8. The standard InChI is InChI=1S/C20H21I2N3O4/c1-3-29-20(27)24-17(14-7-5-4-6-8-14)11-18(26)25-23-12-13-9-15(21)19(28-2)16(22)10-13/h4-10,12,17H,3,11H2,1-2H3,(H,24,27)(H,25,26)/b23-12-/t17-/m0/s1. The summed E-state index contributed by atoms with van der Waals surface area (Å²) in [6.45, 7) is 1.98. The third kappa shape index (κ3) is 7.46. The molecule has 0 bridgehead atoms. The summed E-state index contributed by atoms with van der Waals surface area (Å²) in [7, 11) is 1.63. The van der Waals surface area contributed by atoms with E-state index in [1.54, 1.807) is 20.2 Å². The van der Waals surface area contributed by atoms with Gasteiger partial charge in [0.15, 0.2) is 0 Å². The molecule has 1 atom stereocenters. The normalized spacial score (nSPS) is 11.7. The van der Waals surface area contributed by atoms with Crippen LogP contribution in [0.15, 0.2) is 47.6 Å². The second-order valence-corrected chi connectivity index (χ2v) is 8.17. The molecule has 29 heavy (non-hydrogen) atoms. The van der Waals surface area contributed by atoms with Gasteiger partial charge in [-0.1, -0.05) is 30.3 Å². The number of amides is 2. The monoisotopic (exact) mass is 621 g/mol. The van der Waals surface area contributed by atoms with Gasteiger partial charge in [-0.2, -0.15) is 5.10 Å². The molecule has 154 valence electrons. The Kier molecular flexibility index (Phi) is 9.64. The fraction of sp³-hybridized carbons (Fsp3) is 0.250. The van der Waals surface area contributed by atoms with Crippen LogP contribution in [0.25, 0.3) is 0 Å². The largest absolute Gasteiger partial charge is 0.495 e. The number of ether oxygens (including phenoxy) is 2. The minimum absolute atomic E-state index is 0.0256. The summed E-state index contributed by atoms with van der Waals surface area (Å²) < 4.78 is 12.2. The molecule has 0 radical (unpaired) electrons. The van der Waals surface area contributed by atoms with E-state index in [2.05, 4.69) is 61.0 Å². The summed E-state index contributed by atoms with van der Waals surface area (Å²) >= 11 is 4.37. The Balaban J connectivity index is 2.02. The van der Waals surface area contributed by atoms with Crippen molar-refractivity contribution in [3.8, 4) is 5.75 Å². The predicted molar refractivity (Wildman–Crippen MR) is 128 cm³/mol. The maximum Gasteiger partial charge on any atom is 0.407 e. The molecule has 0 aromatic heterocycles. The van der Waals surface area contributed by atoms with E-state index in [0.29, 0.717) is 0 Å². The third-order valence-electron chi connectivity index (χ3n) is 3.79. The molecule has 0 aliphatic heterocycles. The molecule has 0 heterocycles. The second-order valence-electron chi connectivity index (χ2n) is 5.84. The van der Waals surface area contributed by atoms with Crippen LogP contribution in [0.3, 0.4) is 0 Å². The smallest absolute Gasteiger partial charge is 0.407 e. The Morgan fingerprint density at radius 1 is 1.17 bits per heavy atom. The first-order valence-corrected chi connectivity index (χ1v) is 10.9. The Bertz CT molecular complexity index is 852. The highest BCUT2D eigenvalue weighted by atomic mass is 127. The van der Waals surface area contributed by atoms with Crippen LogP contribution in [0.5, 0.6) is 5.75 Å². The van der Waals surface area contributed by atoms with Crippen LogP contribution in [0.1, 0.15) is 30.5 Å². The van der Waals surface area contributed by atoms with Gasteiger partial charge in [-0.25, -0.2) is 10.2 Å². The number of nitrogens with one attached hydrogen (secondary N) is 2. The quantitative estimate of drug-likeness (QED) is 0.263. The van der Waals surface area contributed by atoms with Gasteiger partial charge in [0.2, 0.25) is 5.91 Å². The van der Waals surface area contributed by atoms with E-state index in [1.165, 1.54) is 0 Å². The zero-order valence-corrected chi connectivity index (χ0v) is 20.3. The average molecular weight is 621 g/mol. The lowest BCUT2D eigenvalue weighted by Gasteiger charge is -2.18. The average Bonchev–Trinajstić information content (AvgIpc) is 2.68. The van der Waals surface area contributed by atoms with Gasteiger partial charge in [0.1, 0.15) is 5.75 Å². The van der Waals surface area contributed by atoms with E-state index in [1.807, 2.05) is 42.5 Å². The zero-order chi connectivity index (χ0) is 21.2. The molecule has 0 unspecified atom stereocenters. The number of carbonyl (C=O) groups excluding carboxylic acids is 2. The first-order chi connectivity index (χ1) is 13.9. The van der Waals surface area contributed by atoms with Crippen LogP contribution in [0.4, 0.5) is 4.79 Å². The molecule has 0 aliphatic rings. The third-order valence-corrected chi connectivity index (χ3v) is 5.39. The summed E-state index contributed by atoms with van der Waals surface area (Å²) in [6.07, 6.45) is 1.02. The number of carbonyl (C=O) groups is 2. The van der Waals surface area contributed by atoms with Gasteiger partial charge in [0, 0.05) is 0 Å². The number of nitrogens with zero attached hydrogens (tertiary/aromatic N) is 1. The minimum Gasteiger partial charge on any atom is -0.495 e. The molecule has 0 aliphatic carbocycles. The fourth-order valence-electron chi connectivity index (χ4n) is 2.51. The van der Waals surface area contributed by atoms with Gasteiger partial charge < -0.3 is 14.8 Å². The molecule has 2 rings (SSSR count). The van der Waals surface area contributed by atoms with Gasteiger partial charge in [-0.15, -0.1) is 0 Å². The van der Waals surface area contributed by atoms with Crippen LogP contribution < -0.4 is 15.5 Å². The van der Waals surface area contributed by atoms with Crippen molar-refractivity contribution in [3.05, 3.63) is 60.7 Å². The van der Waals surface area contributed by atoms with E-state index in [-0.39, 0.29) is 18.9 Å². The molecule has 2 N–H and O–H groups in total. The van der Waals surface area contributed by atoms with E-state index in [9.17, 15) is 9.59 Å². The summed E-state index contributed by atoms with van der Waals surface area (Å²) in [6, 6.07) is 12.5. The van der Waals surface area contributed by atoms with Crippen molar-refractivity contribution in [1.82, 2.24) is 10.7 Å². The van der Waals surface area contributed by atoms with E-state index in [0.717, 1.165) is 24.0 Å². The Hall–Kier alpha value is -1.89. The van der Waals surface area contributed by atoms with Crippen molar-refractivity contribution < 1.29 is 19.1 Å². The van der Waals surface area contributed by atoms with Gasteiger partial charge in [-0.05, 0) is 75.4 Å². The van der Waals surface area contributed by atoms with Crippen molar-refractivity contribution in [1.29, 1.82) is 0 Å². The molecule has 0 spiro atoms. The van der Waals surface area contributed by atoms with Gasteiger partial charge in [0.25, 0.3) is 0 Å². The van der Waals surface area contributed by atoms with Crippen LogP contribution in [-0.2, 0) is 9.53 Å². The number of benzene rings is 2. The highest BCUT2D eigenvalue weighted by molar-refractivity contribution is 14.1. The lowest BCUT2D eigenvalue weighted by molar-refractivity contribution is -0.121. The molecule has 0 saturated heterocycles. The number of hydrogen-bond acceptors (Lipinski definition) is 5. The minimum atomic E-state index is -0.569. The summed E-state index contributed by atoms with van der Waals surface area (Å²) in [5, 5.41) is 6.74. The van der Waals surface area contributed by atoms with Crippen LogP contribution in [0.2, 0.25) is 0 Å². The first-order valence-electron chi connectivity index (χ1n) is 8.77. The number of alkyl carbamates (subject to hydrolysis) is 1. The molecular weight excluding hydrogens is 600 g/mol. The van der Waals surface area contributed by atoms with Crippen molar-refractivity contribution in [2.45, 2.75) is 19.4 Å². The van der Waals surface area contributed by atoms with Crippen molar-refractivity contribution >= 4 is 63.4 Å².